The number of aryl methyl sites for hydroxylation is 4. The van der Waals surface area contributed by atoms with Gasteiger partial charge in [-0.3, -0.25) is 14.2 Å². The van der Waals surface area contributed by atoms with Gasteiger partial charge in [0, 0.05) is 25.5 Å². The Morgan fingerprint density at radius 1 is 1.36 bits per heavy atom. The minimum absolute atomic E-state index is 0.284. The zero-order valence-electron chi connectivity index (χ0n) is 15.0. The maximum Gasteiger partial charge on any atom is 0.272 e. The largest absolute Gasteiger partial charge is 0.272 e. The molecule has 0 aromatic carbocycles. The van der Waals surface area contributed by atoms with Gasteiger partial charge in [0.1, 0.15) is 0 Å². The average Bonchev–Trinajstić information content (AvgIpc) is 3.16. The number of hydrogen-bond acceptors (Lipinski definition) is 5. The molecule has 3 aromatic rings. The summed E-state index contributed by atoms with van der Waals surface area (Å²) in [4.78, 5) is 17.2. The molecule has 3 aromatic heterocycles. The van der Waals surface area contributed by atoms with Crippen molar-refractivity contribution in [2.24, 2.45) is 12.1 Å². The van der Waals surface area contributed by atoms with E-state index in [4.69, 9.17) is 0 Å². The lowest BCUT2D eigenvalue weighted by Gasteiger charge is -2.07. The van der Waals surface area contributed by atoms with Crippen molar-refractivity contribution in [3.63, 3.8) is 0 Å². The van der Waals surface area contributed by atoms with Crippen molar-refractivity contribution >= 4 is 22.7 Å². The number of hydrazone groups is 1. The molecule has 0 spiro atoms. The van der Waals surface area contributed by atoms with Gasteiger partial charge >= 0.3 is 0 Å². The van der Waals surface area contributed by atoms with Crippen molar-refractivity contribution < 1.29 is 4.79 Å². The van der Waals surface area contributed by atoms with Gasteiger partial charge in [-0.1, -0.05) is 0 Å². The number of hydrogen-bond donors (Lipinski definition) is 1. The number of pyridine rings is 1. The van der Waals surface area contributed by atoms with E-state index in [-0.39, 0.29) is 5.91 Å². The molecule has 0 atom stereocenters. The zero-order chi connectivity index (χ0) is 18.1. The monoisotopic (exact) mass is 339 g/mol. The summed E-state index contributed by atoms with van der Waals surface area (Å²) in [5, 5.41) is 13.6. The van der Waals surface area contributed by atoms with Crippen LogP contribution in [0.15, 0.2) is 23.4 Å². The minimum Gasteiger partial charge on any atom is -0.267 e. The van der Waals surface area contributed by atoms with E-state index in [1.165, 1.54) is 0 Å². The van der Waals surface area contributed by atoms with Gasteiger partial charge in [-0.05, 0) is 39.8 Å². The maximum absolute atomic E-state index is 12.7. The molecular formula is C17H21N7O. The summed E-state index contributed by atoms with van der Waals surface area (Å²) >= 11 is 0. The zero-order valence-corrected chi connectivity index (χ0v) is 15.0. The first-order valence-corrected chi connectivity index (χ1v) is 8.10. The lowest BCUT2D eigenvalue weighted by molar-refractivity contribution is 0.0956. The van der Waals surface area contributed by atoms with E-state index in [9.17, 15) is 4.79 Å². The highest BCUT2D eigenvalue weighted by atomic mass is 16.2. The van der Waals surface area contributed by atoms with Crippen LogP contribution in [-0.2, 0) is 13.6 Å². The van der Waals surface area contributed by atoms with Gasteiger partial charge in [-0.25, -0.2) is 10.4 Å². The topological polar surface area (TPSA) is 90.0 Å². The third-order valence-electron chi connectivity index (χ3n) is 4.05. The second-order valence-electron chi connectivity index (χ2n) is 5.89. The highest BCUT2D eigenvalue weighted by molar-refractivity contribution is 6.07. The summed E-state index contributed by atoms with van der Waals surface area (Å²) in [6, 6.07) is 3.63. The fraction of sp³-hybridized carbons (Fsp3) is 0.353. The van der Waals surface area contributed by atoms with Crippen molar-refractivity contribution in [1.82, 2.24) is 30.0 Å². The van der Waals surface area contributed by atoms with Gasteiger partial charge in [-0.15, -0.1) is 0 Å². The third kappa shape index (κ3) is 3.02. The molecule has 0 aliphatic carbocycles. The number of nitrogens with zero attached hydrogens (tertiary/aromatic N) is 6. The Labute approximate surface area is 145 Å². The van der Waals surface area contributed by atoms with Crippen molar-refractivity contribution in [1.29, 1.82) is 0 Å². The third-order valence-corrected chi connectivity index (χ3v) is 4.05. The predicted octanol–water partition coefficient (Wildman–Crippen LogP) is 1.96. The van der Waals surface area contributed by atoms with E-state index >= 15 is 0 Å². The van der Waals surface area contributed by atoms with Gasteiger partial charge in [0.25, 0.3) is 5.91 Å². The molecule has 0 aliphatic heterocycles. The Balaban J connectivity index is 1.94. The molecule has 25 heavy (non-hydrogen) atoms. The molecule has 1 amide bonds. The van der Waals surface area contributed by atoms with Crippen molar-refractivity contribution in [3.05, 3.63) is 41.0 Å². The first kappa shape index (κ1) is 16.8. The Hall–Kier alpha value is -3.03. The maximum atomic E-state index is 12.7. The van der Waals surface area contributed by atoms with Crippen LogP contribution in [0.2, 0.25) is 0 Å². The smallest absolute Gasteiger partial charge is 0.267 e. The van der Waals surface area contributed by atoms with E-state index < -0.39 is 0 Å². The quantitative estimate of drug-likeness (QED) is 0.581. The van der Waals surface area contributed by atoms with E-state index in [0.717, 1.165) is 29.0 Å². The van der Waals surface area contributed by atoms with Crippen molar-refractivity contribution in [3.8, 4) is 0 Å². The van der Waals surface area contributed by atoms with Crippen molar-refractivity contribution in [2.45, 2.75) is 34.2 Å². The lowest BCUT2D eigenvalue weighted by Crippen LogP contribution is -2.21. The van der Waals surface area contributed by atoms with Gasteiger partial charge in [0.05, 0.1) is 28.0 Å². The summed E-state index contributed by atoms with van der Waals surface area (Å²) in [5.74, 6) is -0.284. The molecule has 8 nitrogen and oxygen atoms in total. The Morgan fingerprint density at radius 2 is 2.12 bits per heavy atom. The normalized spacial score (nSPS) is 12.0. The molecule has 0 saturated carbocycles. The van der Waals surface area contributed by atoms with Crippen LogP contribution in [-0.4, -0.2) is 36.2 Å². The summed E-state index contributed by atoms with van der Waals surface area (Å²) in [6.45, 7) is 8.30. The van der Waals surface area contributed by atoms with Crippen LogP contribution in [0.1, 0.15) is 41.3 Å². The molecule has 0 bridgehead atoms. The van der Waals surface area contributed by atoms with E-state index in [1.807, 2.05) is 45.5 Å². The number of carbonyl (C=O) groups is 1. The van der Waals surface area contributed by atoms with E-state index in [1.54, 1.807) is 16.9 Å². The molecule has 0 radical (unpaired) electrons. The number of rotatable bonds is 4. The highest BCUT2D eigenvalue weighted by Crippen LogP contribution is 2.21. The molecule has 1 N–H and O–H groups in total. The number of aromatic nitrogens is 5. The number of nitrogens with one attached hydrogen (secondary N) is 1. The Kier molecular flexibility index (Phi) is 4.35. The van der Waals surface area contributed by atoms with Crippen LogP contribution in [0.5, 0.6) is 0 Å². The van der Waals surface area contributed by atoms with E-state index in [2.05, 4.69) is 25.7 Å². The summed E-state index contributed by atoms with van der Waals surface area (Å²) < 4.78 is 3.51. The Morgan fingerprint density at radius 3 is 2.84 bits per heavy atom. The molecule has 3 rings (SSSR count). The number of fused-ring (bicyclic) bond motifs is 1. The van der Waals surface area contributed by atoms with Crippen LogP contribution in [0.3, 0.4) is 0 Å². The molecule has 0 unspecified atom stereocenters. The van der Waals surface area contributed by atoms with Crippen LogP contribution < -0.4 is 5.43 Å². The molecule has 0 saturated heterocycles. The Bertz CT molecular complexity index is 980. The molecule has 0 aliphatic rings. The van der Waals surface area contributed by atoms with Gasteiger partial charge in [0.15, 0.2) is 5.65 Å². The SMILES string of the molecule is CCn1nccc1C(C)=NNC(=O)c1cc(C)nc2c1c(C)nn2C. The van der Waals surface area contributed by atoms with Crippen LogP contribution in [0.4, 0.5) is 0 Å². The first-order valence-electron chi connectivity index (χ1n) is 8.10. The first-order chi connectivity index (χ1) is 11.9. The number of amides is 1. The van der Waals surface area contributed by atoms with Crippen molar-refractivity contribution in [2.75, 3.05) is 0 Å². The second kappa shape index (κ2) is 6.46. The summed E-state index contributed by atoms with van der Waals surface area (Å²) in [7, 11) is 1.82. The summed E-state index contributed by atoms with van der Waals surface area (Å²) in [6.07, 6.45) is 1.72. The molecular weight excluding hydrogens is 318 g/mol. The fourth-order valence-electron chi connectivity index (χ4n) is 2.89. The van der Waals surface area contributed by atoms with Crippen LogP contribution in [0.25, 0.3) is 11.0 Å². The predicted molar refractivity (Wildman–Crippen MR) is 95.6 cm³/mol. The highest BCUT2D eigenvalue weighted by Gasteiger charge is 2.17. The minimum atomic E-state index is -0.284. The standard InChI is InChI=1S/C17H21N7O/c1-6-24-14(7-8-18-24)11(3)20-21-17(25)13-9-10(2)19-16-15(13)12(4)22-23(16)5/h7-9H,6H2,1-5H3,(H,21,25). The second-order valence-corrected chi connectivity index (χ2v) is 5.89. The van der Waals surface area contributed by atoms with Gasteiger partial charge in [-0.2, -0.15) is 15.3 Å². The number of carbonyl (C=O) groups excluding carboxylic acids is 1. The summed E-state index contributed by atoms with van der Waals surface area (Å²) in [5.41, 5.74) is 6.93. The lowest BCUT2D eigenvalue weighted by atomic mass is 10.1. The fourth-order valence-corrected chi connectivity index (χ4v) is 2.89. The van der Waals surface area contributed by atoms with Crippen LogP contribution in [0, 0.1) is 13.8 Å². The van der Waals surface area contributed by atoms with Gasteiger partial charge < -0.3 is 0 Å². The van der Waals surface area contributed by atoms with Gasteiger partial charge in [0.2, 0.25) is 0 Å². The molecule has 8 heteroatoms. The molecule has 130 valence electrons. The molecule has 0 fully saturated rings. The average molecular weight is 339 g/mol. The molecule has 3 heterocycles. The van der Waals surface area contributed by atoms with E-state index in [0.29, 0.717) is 16.9 Å². The van der Waals surface area contributed by atoms with Crippen LogP contribution >= 0.6 is 0 Å².